The Morgan fingerprint density at radius 1 is 1.20 bits per heavy atom. The largest absolute Gasteiger partial charge is 0.472 e. The molecule has 3 nitrogen and oxygen atoms in total. The summed E-state index contributed by atoms with van der Waals surface area (Å²) in [5.74, 6) is 1.41. The summed E-state index contributed by atoms with van der Waals surface area (Å²) >= 11 is 0. The second-order valence-electron chi connectivity index (χ2n) is 3.56. The molecule has 15 heavy (non-hydrogen) atoms. The third-order valence-corrected chi connectivity index (χ3v) is 2.57. The third kappa shape index (κ3) is 1.50. The van der Waals surface area contributed by atoms with E-state index in [0.29, 0.717) is 16.9 Å². The molecular formula is C12H12O3. The van der Waals surface area contributed by atoms with E-state index < -0.39 is 0 Å². The molecule has 2 aromatic rings. The van der Waals surface area contributed by atoms with Gasteiger partial charge in [0.25, 0.3) is 0 Å². The summed E-state index contributed by atoms with van der Waals surface area (Å²) in [5, 5.41) is 0. The molecule has 0 radical (unpaired) electrons. The Kier molecular flexibility index (Phi) is 2.23. The highest BCUT2D eigenvalue weighted by Crippen LogP contribution is 2.23. The summed E-state index contributed by atoms with van der Waals surface area (Å²) in [7, 11) is 0. The number of carbonyl (C=O) groups excluding carboxylic acids is 1. The van der Waals surface area contributed by atoms with E-state index in [2.05, 4.69) is 0 Å². The minimum absolute atomic E-state index is 0.0457. The van der Waals surface area contributed by atoms with Crippen LogP contribution in [0.4, 0.5) is 0 Å². The van der Waals surface area contributed by atoms with Crippen LogP contribution in [0.15, 0.2) is 27.4 Å². The van der Waals surface area contributed by atoms with Gasteiger partial charge in [0, 0.05) is 5.56 Å². The Bertz CT molecular complexity index is 489. The lowest BCUT2D eigenvalue weighted by Gasteiger charge is -1.96. The van der Waals surface area contributed by atoms with Gasteiger partial charge in [-0.1, -0.05) is 0 Å². The number of carbonyl (C=O) groups is 1. The molecule has 2 rings (SSSR count). The lowest BCUT2D eigenvalue weighted by Crippen LogP contribution is -2.01. The highest BCUT2D eigenvalue weighted by atomic mass is 16.3. The van der Waals surface area contributed by atoms with E-state index in [0.717, 1.165) is 11.3 Å². The van der Waals surface area contributed by atoms with Gasteiger partial charge in [0.15, 0.2) is 5.78 Å². The van der Waals surface area contributed by atoms with Gasteiger partial charge in [0.2, 0.25) is 0 Å². The van der Waals surface area contributed by atoms with E-state index >= 15 is 0 Å². The predicted molar refractivity (Wildman–Crippen MR) is 55.1 cm³/mol. The van der Waals surface area contributed by atoms with E-state index in [9.17, 15) is 4.79 Å². The summed E-state index contributed by atoms with van der Waals surface area (Å²) < 4.78 is 10.3. The van der Waals surface area contributed by atoms with Crippen molar-refractivity contribution in [2.24, 2.45) is 0 Å². The molecule has 0 aliphatic heterocycles. The Labute approximate surface area is 87.7 Å². The topological polar surface area (TPSA) is 43.4 Å². The molecule has 0 aliphatic rings. The van der Waals surface area contributed by atoms with Crippen molar-refractivity contribution in [1.82, 2.24) is 0 Å². The van der Waals surface area contributed by atoms with Crippen LogP contribution >= 0.6 is 0 Å². The molecule has 78 valence electrons. The Balaban J connectivity index is 2.51. The van der Waals surface area contributed by atoms with Crippen LogP contribution in [0.2, 0.25) is 0 Å². The van der Waals surface area contributed by atoms with E-state index in [4.69, 9.17) is 8.83 Å². The number of furan rings is 2. The van der Waals surface area contributed by atoms with Crippen LogP contribution in [-0.4, -0.2) is 5.78 Å². The number of hydrogen-bond acceptors (Lipinski definition) is 3. The maximum absolute atomic E-state index is 12.0. The van der Waals surface area contributed by atoms with Gasteiger partial charge in [0.05, 0.1) is 17.4 Å². The van der Waals surface area contributed by atoms with Gasteiger partial charge in [-0.15, -0.1) is 0 Å². The first kappa shape index (κ1) is 9.77. The predicted octanol–water partition coefficient (Wildman–Crippen LogP) is 3.03. The molecule has 0 saturated carbocycles. The highest BCUT2D eigenvalue weighted by molar-refractivity contribution is 6.10. The monoisotopic (exact) mass is 204 g/mol. The lowest BCUT2D eigenvalue weighted by atomic mass is 10.0. The first-order chi connectivity index (χ1) is 7.11. The van der Waals surface area contributed by atoms with Crippen LogP contribution in [0, 0.1) is 20.8 Å². The standard InChI is InChI=1S/C12H12O3/c1-7-8(2)15-9(3)11(7)12(13)10-4-5-14-6-10/h4-6H,1-3H3. The third-order valence-electron chi connectivity index (χ3n) is 2.57. The highest BCUT2D eigenvalue weighted by Gasteiger charge is 2.20. The molecule has 0 atom stereocenters. The van der Waals surface area contributed by atoms with E-state index in [1.54, 1.807) is 13.0 Å². The van der Waals surface area contributed by atoms with Crippen LogP contribution < -0.4 is 0 Å². The summed E-state index contributed by atoms with van der Waals surface area (Å²) in [5.41, 5.74) is 2.11. The minimum Gasteiger partial charge on any atom is -0.472 e. The van der Waals surface area contributed by atoms with Crippen molar-refractivity contribution in [2.45, 2.75) is 20.8 Å². The van der Waals surface area contributed by atoms with E-state index in [-0.39, 0.29) is 5.78 Å². The smallest absolute Gasteiger partial charge is 0.200 e. The summed E-state index contributed by atoms with van der Waals surface area (Å²) in [4.78, 5) is 12.0. The number of ketones is 1. The fraction of sp³-hybridized carbons (Fsp3) is 0.250. The summed E-state index contributed by atoms with van der Waals surface area (Å²) in [6.07, 6.45) is 2.94. The van der Waals surface area contributed by atoms with Gasteiger partial charge in [-0.3, -0.25) is 4.79 Å². The van der Waals surface area contributed by atoms with E-state index in [1.807, 2.05) is 13.8 Å². The zero-order chi connectivity index (χ0) is 11.0. The lowest BCUT2D eigenvalue weighted by molar-refractivity contribution is 0.103. The summed E-state index contributed by atoms with van der Waals surface area (Å²) in [6, 6.07) is 1.66. The maximum atomic E-state index is 12.0. The van der Waals surface area contributed by atoms with Crippen LogP contribution in [0.1, 0.15) is 33.0 Å². The summed E-state index contributed by atoms with van der Waals surface area (Å²) in [6.45, 7) is 5.54. The van der Waals surface area contributed by atoms with Crippen molar-refractivity contribution in [3.05, 3.63) is 46.8 Å². The van der Waals surface area contributed by atoms with Crippen molar-refractivity contribution in [3.8, 4) is 0 Å². The van der Waals surface area contributed by atoms with Gasteiger partial charge in [-0.25, -0.2) is 0 Å². The van der Waals surface area contributed by atoms with Crippen molar-refractivity contribution < 1.29 is 13.6 Å². The minimum atomic E-state index is -0.0457. The maximum Gasteiger partial charge on any atom is 0.200 e. The van der Waals surface area contributed by atoms with Crippen LogP contribution in [-0.2, 0) is 0 Å². The second kappa shape index (κ2) is 3.42. The van der Waals surface area contributed by atoms with Crippen molar-refractivity contribution in [1.29, 1.82) is 0 Å². The average Bonchev–Trinajstić information content (AvgIpc) is 2.76. The number of aryl methyl sites for hydroxylation is 2. The van der Waals surface area contributed by atoms with Crippen LogP contribution in [0.25, 0.3) is 0 Å². The fourth-order valence-electron chi connectivity index (χ4n) is 1.67. The second-order valence-corrected chi connectivity index (χ2v) is 3.56. The van der Waals surface area contributed by atoms with E-state index in [1.165, 1.54) is 12.5 Å². The van der Waals surface area contributed by atoms with Gasteiger partial charge in [-0.05, 0) is 26.8 Å². The number of rotatable bonds is 2. The normalized spacial score (nSPS) is 10.6. The molecular weight excluding hydrogens is 192 g/mol. The first-order valence-electron chi connectivity index (χ1n) is 4.74. The Hall–Kier alpha value is -1.77. The molecule has 0 aliphatic carbocycles. The Morgan fingerprint density at radius 2 is 1.93 bits per heavy atom. The van der Waals surface area contributed by atoms with Gasteiger partial charge < -0.3 is 8.83 Å². The molecule has 0 spiro atoms. The van der Waals surface area contributed by atoms with Gasteiger partial charge >= 0.3 is 0 Å². The van der Waals surface area contributed by atoms with Gasteiger partial charge in [0.1, 0.15) is 17.8 Å². The number of hydrogen-bond donors (Lipinski definition) is 0. The molecule has 0 N–H and O–H groups in total. The zero-order valence-corrected chi connectivity index (χ0v) is 8.96. The molecule has 2 aromatic heterocycles. The van der Waals surface area contributed by atoms with Crippen LogP contribution in [0.3, 0.4) is 0 Å². The quantitative estimate of drug-likeness (QED) is 0.706. The molecule has 0 bridgehead atoms. The molecule has 0 saturated heterocycles. The fourth-order valence-corrected chi connectivity index (χ4v) is 1.67. The molecule has 0 amide bonds. The van der Waals surface area contributed by atoms with Crippen molar-refractivity contribution >= 4 is 5.78 Å². The molecule has 0 fully saturated rings. The molecule has 2 heterocycles. The van der Waals surface area contributed by atoms with Crippen LogP contribution in [0.5, 0.6) is 0 Å². The van der Waals surface area contributed by atoms with Crippen molar-refractivity contribution in [3.63, 3.8) is 0 Å². The molecule has 0 aromatic carbocycles. The van der Waals surface area contributed by atoms with Gasteiger partial charge in [-0.2, -0.15) is 0 Å². The van der Waals surface area contributed by atoms with Crippen molar-refractivity contribution in [2.75, 3.05) is 0 Å². The molecule has 0 unspecified atom stereocenters. The SMILES string of the molecule is Cc1oc(C)c(C(=O)c2ccoc2)c1C. The first-order valence-corrected chi connectivity index (χ1v) is 4.74. The average molecular weight is 204 g/mol. The molecule has 3 heteroatoms. The Morgan fingerprint density at radius 3 is 2.40 bits per heavy atom. The zero-order valence-electron chi connectivity index (χ0n) is 8.96.